The first-order valence-electron chi connectivity index (χ1n) is 18.4. The van der Waals surface area contributed by atoms with E-state index in [1.54, 1.807) is 30.6 Å². The van der Waals surface area contributed by atoms with Crippen LogP contribution in [0.5, 0.6) is 0 Å². The van der Waals surface area contributed by atoms with Gasteiger partial charge in [-0.25, -0.2) is 0 Å². The maximum absolute atomic E-state index is 10.0. The van der Waals surface area contributed by atoms with Gasteiger partial charge < -0.3 is 56.4 Å². The summed E-state index contributed by atoms with van der Waals surface area (Å²) in [5.41, 5.74) is 0. The molecule has 19 heteroatoms. The highest BCUT2D eigenvalue weighted by Crippen LogP contribution is 2.27. The fraction of sp³-hybridized carbons (Fsp3) is 0.906. The third-order valence-corrected chi connectivity index (χ3v) is 15.8. The molecule has 0 saturated heterocycles. The van der Waals surface area contributed by atoms with Crippen molar-refractivity contribution < 1.29 is 46.6 Å². The van der Waals surface area contributed by atoms with Crippen molar-refractivity contribution in [2.24, 2.45) is 0 Å². The van der Waals surface area contributed by atoms with Gasteiger partial charge in [0.2, 0.25) is 11.9 Å². The Labute approximate surface area is 317 Å². The van der Waals surface area contributed by atoms with E-state index in [0.29, 0.717) is 88.5 Å². The SMILES string of the molecule is CCO[Si](CCCSCN(CCO)c1nc(C(CCO)CCO)nc(N(COC)CSCCC[Si](OCC)(OCC)OCC)n1)(OCC)OCC. The van der Waals surface area contributed by atoms with Crippen molar-refractivity contribution in [3.05, 3.63) is 5.82 Å². The monoisotopic (exact) mass is 801 g/mol. The summed E-state index contributed by atoms with van der Waals surface area (Å²) in [7, 11) is -3.83. The third kappa shape index (κ3) is 18.5. The van der Waals surface area contributed by atoms with Crippen LogP contribution in [0.2, 0.25) is 12.1 Å². The second-order valence-electron chi connectivity index (χ2n) is 11.2. The van der Waals surface area contributed by atoms with E-state index in [9.17, 15) is 15.3 Å². The van der Waals surface area contributed by atoms with Crippen LogP contribution < -0.4 is 9.80 Å². The predicted octanol–water partition coefficient (Wildman–Crippen LogP) is 4.19. The van der Waals surface area contributed by atoms with Crippen LogP contribution in [0.25, 0.3) is 0 Å². The lowest BCUT2D eigenvalue weighted by Crippen LogP contribution is -2.46. The van der Waals surface area contributed by atoms with E-state index < -0.39 is 17.6 Å². The summed E-state index contributed by atoms with van der Waals surface area (Å²) in [6.07, 6.45) is 2.49. The van der Waals surface area contributed by atoms with Gasteiger partial charge in [-0.05, 0) is 78.7 Å². The number of thioether (sulfide) groups is 2. The van der Waals surface area contributed by atoms with Gasteiger partial charge >= 0.3 is 17.6 Å². The summed E-state index contributed by atoms with van der Waals surface area (Å²) in [5.74, 6) is 3.80. The molecule has 3 N–H and O–H groups in total. The minimum Gasteiger partial charge on any atom is -0.396 e. The molecule has 1 rings (SSSR count). The smallest absolute Gasteiger partial charge is 0.396 e. The Balaban J connectivity index is 3.21. The largest absolute Gasteiger partial charge is 0.500 e. The highest BCUT2D eigenvalue weighted by molar-refractivity contribution is 7.99. The summed E-state index contributed by atoms with van der Waals surface area (Å²) in [5, 5.41) is 29.7. The molecule has 300 valence electrons. The van der Waals surface area contributed by atoms with Gasteiger partial charge in [-0.3, -0.25) is 0 Å². The van der Waals surface area contributed by atoms with Crippen LogP contribution in [-0.2, 0) is 31.3 Å². The van der Waals surface area contributed by atoms with Crippen molar-refractivity contribution in [1.82, 2.24) is 15.0 Å². The van der Waals surface area contributed by atoms with E-state index in [0.717, 1.165) is 36.4 Å². The van der Waals surface area contributed by atoms with Gasteiger partial charge in [0.05, 0.1) is 18.4 Å². The van der Waals surface area contributed by atoms with E-state index in [2.05, 4.69) is 0 Å². The molecule has 0 aliphatic heterocycles. The van der Waals surface area contributed by atoms with E-state index in [1.165, 1.54) is 0 Å². The van der Waals surface area contributed by atoms with Crippen LogP contribution in [0.1, 0.15) is 79.0 Å². The number of aliphatic hydroxyl groups excluding tert-OH is 3. The van der Waals surface area contributed by atoms with Crippen molar-refractivity contribution in [3.8, 4) is 0 Å². The van der Waals surface area contributed by atoms with Crippen LogP contribution in [0.15, 0.2) is 0 Å². The summed E-state index contributed by atoms with van der Waals surface area (Å²) in [4.78, 5) is 18.4. The lowest BCUT2D eigenvalue weighted by atomic mass is 10.0. The van der Waals surface area contributed by atoms with Gasteiger partial charge in [0, 0.05) is 84.5 Å². The molecule has 0 bridgehead atoms. The standard InChI is InChI=1S/C32H67N5O10S2Si2/c1-8-42-50(43-9-2,44-10-3)24-14-22-48-27-36(18-21-40)31-33-30(29(16-19-38)17-20-39)34-32(35-31)37(26-41-7)28-49-23-15-25-51(45-11-4,46-12-5)47-13-6/h29,38-40H,8-28H2,1-7H3. The molecule has 0 amide bonds. The van der Waals surface area contributed by atoms with Gasteiger partial charge in [0.15, 0.2) is 0 Å². The van der Waals surface area contributed by atoms with E-state index >= 15 is 0 Å². The molecule has 0 fully saturated rings. The molecule has 15 nitrogen and oxygen atoms in total. The zero-order valence-electron chi connectivity index (χ0n) is 32.2. The zero-order valence-corrected chi connectivity index (χ0v) is 35.8. The Hall–Kier alpha value is -0.656. The van der Waals surface area contributed by atoms with Crippen molar-refractivity contribution in [2.45, 2.75) is 85.2 Å². The van der Waals surface area contributed by atoms with Gasteiger partial charge in [-0.2, -0.15) is 15.0 Å². The summed E-state index contributed by atoms with van der Waals surface area (Å²) in [6, 6.07) is 1.44. The maximum Gasteiger partial charge on any atom is 0.500 e. The van der Waals surface area contributed by atoms with Gasteiger partial charge in [-0.1, -0.05) is 0 Å². The topological polar surface area (TPSA) is 170 Å². The van der Waals surface area contributed by atoms with Gasteiger partial charge in [0.1, 0.15) is 12.6 Å². The zero-order chi connectivity index (χ0) is 37.8. The Morgan fingerprint density at radius 3 is 1.39 bits per heavy atom. The van der Waals surface area contributed by atoms with Crippen LogP contribution in [0.4, 0.5) is 11.9 Å². The molecular formula is C32H67N5O10S2Si2. The molecular weight excluding hydrogens is 735 g/mol. The fourth-order valence-corrected chi connectivity index (χ4v) is 12.9. The lowest BCUT2D eigenvalue weighted by Gasteiger charge is -2.29. The van der Waals surface area contributed by atoms with Crippen LogP contribution in [0, 0.1) is 0 Å². The molecule has 0 aliphatic carbocycles. The number of hydrogen-bond donors (Lipinski definition) is 3. The van der Waals surface area contributed by atoms with Crippen LogP contribution in [0.3, 0.4) is 0 Å². The molecule has 1 aromatic rings. The minimum absolute atomic E-state index is 0.0685. The molecule has 1 aromatic heterocycles. The minimum atomic E-state index is -2.73. The summed E-state index contributed by atoms with van der Waals surface area (Å²) in [6.45, 7) is 15.3. The second-order valence-corrected chi connectivity index (χ2v) is 18.8. The molecule has 0 aliphatic rings. The second kappa shape index (κ2) is 29.7. The van der Waals surface area contributed by atoms with Crippen molar-refractivity contribution in [2.75, 3.05) is 113 Å². The molecule has 0 unspecified atom stereocenters. The van der Waals surface area contributed by atoms with Gasteiger partial charge in [-0.15, -0.1) is 23.5 Å². The first-order valence-corrected chi connectivity index (χ1v) is 24.5. The third-order valence-electron chi connectivity index (χ3n) is 7.39. The van der Waals surface area contributed by atoms with E-state index in [1.807, 2.05) is 51.3 Å². The van der Waals surface area contributed by atoms with E-state index in [-0.39, 0.29) is 32.5 Å². The lowest BCUT2D eigenvalue weighted by molar-refractivity contribution is 0.0704. The van der Waals surface area contributed by atoms with Crippen LogP contribution >= 0.6 is 23.5 Å². The molecule has 0 atom stereocenters. The fourth-order valence-electron chi connectivity index (χ4n) is 5.33. The number of aliphatic hydroxyl groups is 3. The number of hydrogen-bond acceptors (Lipinski definition) is 17. The first kappa shape index (κ1) is 48.4. The predicted molar refractivity (Wildman–Crippen MR) is 210 cm³/mol. The molecule has 0 radical (unpaired) electrons. The average molecular weight is 802 g/mol. The number of methoxy groups -OCH3 is 1. The molecule has 0 spiro atoms. The number of nitrogens with zero attached hydrogens (tertiary/aromatic N) is 5. The molecule has 0 aromatic carbocycles. The number of ether oxygens (including phenoxy) is 1. The first-order chi connectivity index (χ1) is 24.8. The number of rotatable bonds is 35. The average Bonchev–Trinajstić information content (AvgIpc) is 3.11. The molecule has 1 heterocycles. The van der Waals surface area contributed by atoms with Crippen molar-refractivity contribution >= 4 is 53.0 Å². The Morgan fingerprint density at radius 1 is 0.608 bits per heavy atom. The molecule has 51 heavy (non-hydrogen) atoms. The quantitative estimate of drug-likeness (QED) is 0.0507. The molecule has 0 saturated carbocycles. The Kier molecular flexibility index (Phi) is 28.1. The maximum atomic E-state index is 10.0. The summed E-state index contributed by atoms with van der Waals surface area (Å²) >= 11 is 3.42. The van der Waals surface area contributed by atoms with Crippen molar-refractivity contribution in [1.29, 1.82) is 0 Å². The normalized spacial score (nSPS) is 12.3. The summed E-state index contributed by atoms with van der Waals surface area (Å²) < 4.78 is 41.6. The number of aromatic nitrogens is 3. The van der Waals surface area contributed by atoms with Gasteiger partial charge in [0.25, 0.3) is 0 Å². The highest BCUT2D eigenvalue weighted by atomic mass is 32.2. The Bertz CT molecular complexity index is 900. The van der Waals surface area contributed by atoms with Crippen molar-refractivity contribution in [3.63, 3.8) is 0 Å². The van der Waals surface area contributed by atoms with E-state index in [4.69, 9.17) is 46.2 Å². The highest BCUT2D eigenvalue weighted by Gasteiger charge is 2.40. The van der Waals surface area contributed by atoms with Crippen LogP contribution in [-0.4, -0.2) is 151 Å². The Morgan fingerprint density at radius 2 is 1.02 bits per heavy atom. The number of anilines is 2.